The van der Waals surface area contributed by atoms with E-state index in [2.05, 4.69) is 28.9 Å². The van der Waals surface area contributed by atoms with Gasteiger partial charge in [-0.1, -0.05) is 67.4 Å². The molecule has 4 heteroatoms. The number of carbonyl (C=O) groups is 1. The summed E-state index contributed by atoms with van der Waals surface area (Å²) in [4.78, 5) is 11.8. The first-order valence-corrected chi connectivity index (χ1v) is 14.6. The monoisotopic (exact) mass is 518 g/mol. The van der Waals surface area contributed by atoms with Crippen LogP contribution in [0.3, 0.4) is 0 Å². The van der Waals surface area contributed by atoms with Crippen LogP contribution >= 0.6 is 15.9 Å². The summed E-state index contributed by atoms with van der Waals surface area (Å²) < 4.78 is 5.86. The van der Waals surface area contributed by atoms with E-state index in [0.29, 0.717) is 29.4 Å². The second-order valence-electron chi connectivity index (χ2n) is 11.3. The minimum atomic E-state index is -0.124. The highest BCUT2D eigenvalue weighted by Gasteiger charge is 2.57. The molecule has 0 radical (unpaired) electrons. The average Bonchev–Trinajstić information content (AvgIpc) is 3.10. The molecule has 1 aromatic carbocycles. The van der Waals surface area contributed by atoms with Gasteiger partial charge in [0.2, 0.25) is 0 Å². The van der Waals surface area contributed by atoms with E-state index in [-0.39, 0.29) is 17.5 Å². The van der Waals surface area contributed by atoms with Gasteiger partial charge in [-0.3, -0.25) is 4.79 Å². The van der Waals surface area contributed by atoms with Crippen LogP contribution in [-0.4, -0.2) is 22.5 Å². The molecule has 2 saturated carbocycles. The molecule has 3 aliphatic carbocycles. The Balaban J connectivity index is 1.46. The number of hydrogen-bond donors (Lipinski definition) is 1. The van der Waals surface area contributed by atoms with Gasteiger partial charge in [0.25, 0.3) is 0 Å². The van der Waals surface area contributed by atoms with Crippen LogP contribution in [0.15, 0.2) is 18.2 Å². The second-order valence-corrected chi connectivity index (χ2v) is 12.1. The zero-order valence-corrected chi connectivity index (χ0v) is 22.2. The Bertz CT molecular complexity index is 808. The number of esters is 1. The van der Waals surface area contributed by atoms with Crippen molar-refractivity contribution in [2.75, 3.05) is 5.33 Å². The first-order chi connectivity index (χ1) is 15.9. The van der Waals surface area contributed by atoms with Crippen LogP contribution in [-0.2, 0) is 16.0 Å². The number of carbonyl (C=O) groups excluding carboxylic acids is 1. The molecule has 0 amide bonds. The summed E-state index contributed by atoms with van der Waals surface area (Å²) in [7, 11) is 0. The van der Waals surface area contributed by atoms with E-state index >= 15 is 0 Å². The molecule has 0 aliphatic heterocycles. The fraction of sp³-hybridized carbons (Fsp3) is 0.759. The number of alkyl halides is 1. The van der Waals surface area contributed by atoms with E-state index in [1.165, 1.54) is 75.3 Å². The molecule has 1 aromatic rings. The molecule has 3 aliphatic rings. The topological polar surface area (TPSA) is 46.5 Å². The SMILES string of the molecule is CC(=O)O[C@H]1CC[C@H]2[C@@H]3[C@@H](CCCCCCCCCBr)Cc4cc(O)ccc4[C@H]3CC[C@]12C. The van der Waals surface area contributed by atoms with Gasteiger partial charge in [-0.05, 0) is 91.9 Å². The lowest BCUT2D eigenvalue weighted by Gasteiger charge is -2.53. The Hall–Kier alpha value is -1.03. The van der Waals surface area contributed by atoms with Gasteiger partial charge in [0.15, 0.2) is 0 Å². The van der Waals surface area contributed by atoms with Gasteiger partial charge in [-0.2, -0.15) is 0 Å². The zero-order valence-electron chi connectivity index (χ0n) is 20.7. The standard InChI is InChI=1S/C29H43BrO3/c1-20(31)33-27-14-13-26-28-21(10-8-6-4-3-5-7-9-17-30)18-22-19-23(32)11-12-24(22)25(28)15-16-29(26,27)2/h11-12,19,21,25-28,32H,3-10,13-18H2,1-2H3/t21-,25+,26-,27-,28+,29-/m0/s1. The normalized spacial score (nSPS) is 32.6. The minimum absolute atomic E-state index is 0.0855. The van der Waals surface area contributed by atoms with Gasteiger partial charge >= 0.3 is 5.97 Å². The number of rotatable bonds is 10. The second kappa shape index (κ2) is 11.1. The summed E-state index contributed by atoms with van der Waals surface area (Å²) >= 11 is 3.53. The van der Waals surface area contributed by atoms with E-state index in [1.807, 2.05) is 12.1 Å². The Kier molecular flexibility index (Phi) is 8.46. The number of phenolic OH excluding ortho intramolecular Hbond substituents is 1. The highest BCUT2D eigenvalue weighted by molar-refractivity contribution is 9.09. The molecular formula is C29H43BrO3. The molecule has 184 valence electrons. The van der Waals surface area contributed by atoms with Crippen LogP contribution in [0.25, 0.3) is 0 Å². The molecule has 3 nitrogen and oxygen atoms in total. The number of aromatic hydroxyl groups is 1. The summed E-state index contributed by atoms with van der Waals surface area (Å²) in [6, 6.07) is 6.12. The molecule has 33 heavy (non-hydrogen) atoms. The fourth-order valence-electron chi connectivity index (χ4n) is 7.79. The van der Waals surface area contributed by atoms with Crippen LogP contribution < -0.4 is 0 Å². The molecule has 0 unspecified atom stereocenters. The number of unbranched alkanes of at least 4 members (excludes halogenated alkanes) is 6. The van der Waals surface area contributed by atoms with Gasteiger partial charge in [0.1, 0.15) is 11.9 Å². The summed E-state index contributed by atoms with van der Waals surface area (Å²) in [5, 5.41) is 11.3. The van der Waals surface area contributed by atoms with Crippen molar-refractivity contribution < 1.29 is 14.6 Å². The first-order valence-electron chi connectivity index (χ1n) is 13.5. The van der Waals surface area contributed by atoms with E-state index < -0.39 is 0 Å². The molecule has 0 heterocycles. The number of phenols is 1. The lowest BCUT2D eigenvalue weighted by atomic mass is 9.52. The average molecular weight is 520 g/mol. The molecule has 4 rings (SSSR count). The van der Waals surface area contributed by atoms with E-state index in [0.717, 1.165) is 24.6 Å². The molecule has 0 aromatic heterocycles. The Morgan fingerprint density at radius 2 is 1.82 bits per heavy atom. The Morgan fingerprint density at radius 1 is 1.09 bits per heavy atom. The van der Waals surface area contributed by atoms with Crippen LogP contribution in [0.5, 0.6) is 5.75 Å². The number of halogens is 1. The summed E-state index contributed by atoms with van der Waals surface area (Å²) in [6.45, 7) is 3.97. The van der Waals surface area contributed by atoms with Crippen LogP contribution in [0, 0.1) is 23.2 Å². The van der Waals surface area contributed by atoms with Crippen molar-refractivity contribution in [3.05, 3.63) is 29.3 Å². The maximum absolute atomic E-state index is 11.8. The van der Waals surface area contributed by atoms with Gasteiger partial charge in [0, 0.05) is 17.7 Å². The summed E-state index contributed by atoms with van der Waals surface area (Å²) in [5.74, 6) is 2.88. The quantitative estimate of drug-likeness (QED) is 0.194. The number of ether oxygens (including phenoxy) is 1. The molecular weight excluding hydrogens is 476 g/mol. The Morgan fingerprint density at radius 3 is 2.55 bits per heavy atom. The fourth-order valence-corrected chi connectivity index (χ4v) is 8.19. The van der Waals surface area contributed by atoms with Crippen molar-refractivity contribution in [3.8, 4) is 5.75 Å². The maximum atomic E-state index is 11.8. The van der Waals surface area contributed by atoms with E-state index in [4.69, 9.17) is 4.74 Å². The van der Waals surface area contributed by atoms with Crippen molar-refractivity contribution in [1.29, 1.82) is 0 Å². The lowest BCUT2D eigenvalue weighted by molar-refractivity contribution is -0.155. The third kappa shape index (κ3) is 5.46. The summed E-state index contributed by atoms with van der Waals surface area (Å²) in [5.41, 5.74) is 2.99. The van der Waals surface area contributed by atoms with Gasteiger partial charge in [-0.25, -0.2) is 0 Å². The predicted molar refractivity (Wildman–Crippen MR) is 138 cm³/mol. The number of benzene rings is 1. The van der Waals surface area contributed by atoms with E-state index in [1.54, 1.807) is 6.92 Å². The number of fused-ring (bicyclic) bond motifs is 5. The highest BCUT2D eigenvalue weighted by Crippen LogP contribution is 2.63. The van der Waals surface area contributed by atoms with Crippen LogP contribution in [0.1, 0.15) is 108 Å². The van der Waals surface area contributed by atoms with Gasteiger partial charge < -0.3 is 9.84 Å². The smallest absolute Gasteiger partial charge is 0.302 e. The first kappa shape index (κ1) is 25.1. The van der Waals surface area contributed by atoms with Crippen molar-refractivity contribution in [2.45, 2.75) is 109 Å². The molecule has 2 fully saturated rings. The highest BCUT2D eigenvalue weighted by atomic mass is 79.9. The van der Waals surface area contributed by atoms with Gasteiger partial charge in [0.05, 0.1) is 0 Å². The van der Waals surface area contributed by atoms with Gasteiger partial charge in [-0.15, -0.1) is 0 Å². The molecule has 0 spiro atoms. The molecule has 0 saturated heterocycles. The maximum Gasteiger partial charge on any atom is 0.302 e. The van der Waals surface area contributed by atoms with Crippen LogP contribution in [0.2, 0.25) is 0 Å². The molecule has 1 N–H and O–H groups in total. The molecule has 0 bridgehead atoms. The number of hydrogen-bond acceptors (Lipinski definition) is 3. The summed E-state index contributed by atoms with van der Waals surface area (Å²) in [6.07, 6.45) is 16.4. The lowest BCUT2D eigenvalue weighted by Crippen LogP contribution is -2.48. The van der Waals surface area contributed by atoms with Crippen molar-refractivity contribution in [3.63, 3.8) is 0 Å². The largest absolute Gasteiger partial charge is 0.508 e. The van der Waals surface area contributed by atoms with Crippen molar-refractivity contribution in [2.24, 2.45) is 23.2 Å². The van der Waals surface area contributed by atoms with E-state index in [9.17, 15) is 9.90 Å². The Labute approximate surface area is 209 Å². The third-order valence-corrected chi connectivity index (χ3v) is 9.88. The van der Waals surface area contributed by atoms with Crippen LogP contribution in [0.4, 0.5) is 0 Å². The zero-order chi connectivity index (χ0) is 23.4. The minimum Gasteiger partial charge on any atom is -0.508 e. The predicted octanol–water partition coefficient (Wildman–Crippen LogP) is 7.92. The third-order valence-electron chi connectivity index (χ3n) is 9.31. The molecule has 6 atom stereocenters. The van der Waals surface area contributed by atoms with Crippen molar-refractivity contribution >= 4 is 21.9 Å². The van der Waals surface area contributed by atoms with Crippen molar-refractivity contribution in [1.82, 2.24) is 0 Å².